The van der Waals surface area contributed by atoms with Crippen LogP contribution < -0.4 is 20.1 Å². The Labute approximate surface area is 145 Å². The molecule has 0 unspecified atom stereocenters. The molecule has 2 aromatic rings. The number of methoxy groups -OCH3 is 2. The molecule has 3 N–H and O–H groups in total. The van der Waals surface area contributed by atoms with Crippen molar-refractivity contribution in [2.45, 2.75) is 0 Å². The lowest BCUT2D eigenvalue weighted by Crippen LogP contribution is -2.14. The molecule has 0 atom stereocenters. The van der Waals surface area contributed by atoms with Gasteiger partial charge in [0.05, 0.1) is 25.6 Å². The zero-order chi connectivity index (χ0) is 18.2. The van der Waals surface area contributed by atoms with E-state index in [2.05, 4.69) is 10.6 Å². The maximum atomic E-state index is 12.2. The number of aromatic hydroxyl groups is 1. The number of para-hydroxylation sites is 2. The van der Waals surface area contributed by atoms with Crippen LogP contribution in [0, 0.1) is 11.3 Å². The number of ether oxygens (including phenoxy) is 2. The minimum atomic E-state index is -0.654. The molecular weight excluding hydrogens is 322 g/mol. The van der Waals surface area contributed by atoms with E-state index < -0.39 is 5.91 Å². The van der Waals surface area contributed by atoms with Crippen molar-refractivity contribution >= 4 is 17.3 Å². The van der Waals surface area contributed by atoms with Gasteiger partial charge in [-0.3, -0.25) is 4.79 Å². The fraction of sp³-hybridized carbons (Fsp3) is 0.111. The van der Waals surface area contributed by atoms with Gasteiger partial charge in [-0.1, -0.05) is 12.1 Å². The van der Waals surface area contributed by atoms with Gasteiger partial charge in [-0.2, -0.15) is 5.26 Å². The number of hydrogen-bond donors (Lipinski definition) is 3. The Balaban J connectivity index is 2.19. The standard InChI is InChI=1S/C18H17N3O4/c1-24-13-7-8-17(25-2)15(9-13)20-11-12(10-19)18(23)21-14-5-3-4-6-16(14)22/h3-9,11,20,22H,1-2H3,(H,21,23)/b12-11-. The molecule has 2 rings (SSSR count). The van der Waals surface area contributed by atoms with Crippen LogP contribution in [0.5, 0.6) is 17.2 Å². The van der Waals surface area contributed by atoms with Gasteiger partial charge in [0.15, 0.2) is 0 Å². The number of anilines is 2. The Bertz CT molecular complexity index is 840. The van der Waals surface area contributed by atoms with Gasteiger partial charge in [0.25, 0.3) is 5.91 Å². The summed E-state index contributed by atoms with van der Waals surface area (Å²) in [7, 11) is 3.04. The Hall–Kier alpha value is -3.66. The first kappa shape index (κ1) is 17.7. The predicted octanol–water partition coefficient (Wildman–Crippen LogP) is 2.87. The monoisotopic (exact) mass is 339 g/mol. The van der Waals surface area contributed by atoms with E-state index in [0.717, 1.165) is 0 Å². The second-order valence-electron chi connectivity index (χ2n) is 4.85. The molecule has 0 radical (unpaired) electrons. The highest BCUT2D eigenvalue weighted by atomic mass is 16.5. The quantitative estimate of drug-likeness (QED) is 0.425. The minimum Gasteiger partial charge on any atom is -0.506 e. The number of nitrogens with zero attached hydrogens (tertiary/aromatic N) is 1. The SMILES string of the molecule is COc1ccc(OC)c(N/C=C(/C#N)C(=O)Nc2ccccc2O)c1. The maximum Gasteiger partial charge on any atom is 0.267 e. The summed E-state index contributed by atoms with van der Waals surface area (Å²) in [6.45, 7) is 0. The lowest BCUT2D eigenvalue weighted by molar-refractivity contribution is -0.112. The van der Waals surface area contributed by atoms with Crippen molar-refractivity contribution in [1.29, 1.82) is 5.26 Å². The van der Waals surface area contributed by atoms with Gasteiger partial charge in [-0.25, -0.2) is 0 Å². The summed E-state index contributed by atoms with van der Waals surface area (Å²) in [6, 6.07) is 13.2. The Morgan fingerprint density at radius 3 is 2.56 bits per heavy atom. The third-order valence-corrected chi connectivity index (χ3v) is 3.30. The van der Waals surface area contributed by atoms with Crippen LogP contribution in [0.1, 0.15) is 0 Å². The first-order chi connectivity index (χ1) is 12.1. The van der Waals surface area contributed by atoms with Gasteiger partial charge in [0.2, 0.25) is 0 Å². The van der Waals surface area contributed by atoms with E-state index in [0.29, 0.717) is 17.2 Å². The zero-order valence-electron chi connectivity index (χ0n) is 13.7. The predicted molar refractivity (Wildman–Crippen MR) is 93.6 cm³/mol. The van der Waals surface area contributed by atoms with E-state index in [9.17, 15) is 15.2 Å². The summed E-state index contributed by atoms with van der Waals surface area (Å²) in [5.74, 6) is 0.373. The molecule has 2 aromatic carbocycles. The second-order valence-corrected chi connectivity index (χ2v) is 4.85. The number of benzene rings is 2. The molecule has 7 nitrogen and oxygen atoms in total. The summed E-state index contributed by atoms with van der Waals surface area (Å²) < 4.78 is 10.4. The molecular formula is C18H17N3O4. The molecule has 0 heterocycles. The largest absolute Gasteiger partial charge is 0.506 e. The van der Waals surface area contributed by atoms with Crippen LogP contribution in [-0.2, 0) is 4.79 Å². The topological polar surface area (TPSA) is 104 Å². The summed E-state index contributed by atoms with van der Waals surface area (Å²) >= 11 is 0. The molecule has 0 fully saturated rings. The second kappa shape index (κ2) is 8.26. The van der Waals surface area contributed by atoms with Crippen molar-refractivity contribution in [2.24, 2.45) is 0 Å². The number of phenolic OH excluding ortho intramolecular Hbond substituents is 1. The van der Waals surface area contributed by atoms with Gasteiger partial charge in [0, 0.05) is 12.3 Å². The maximum absolute atomic E-state index is 12.2. The van der Waals surface area contributed by atoms with Crippen LogP contribution >= 0.6 is 0 Å². The highest BCUT2D eigenvalue weighted by Gasteiger charge is 2.12. The molecule has 0 saturated carbocycles. The van der Waals surface area contributed by atoms with E-state index in [1.54, 1.807) is 30.3 Å². The van der Waals surface area contributed by atoms with Gasteiger partial charge < -0.3 is 25.2 Å². The van der Waals surface area contributed by atoms with Crippen LogP contribution in [0.4, 0.5) is 11.4 Å². The van der Waals surface area contributed by atoms with Crippen molar-refractivity contribution in [2.75, 3.05) is 24.9 Å². The summed E-state index contributed by atoms with van der Waals surface area (Å²) in [4.78, 5) is 12.2. The molecule has 25 heavy (non-hydrogen) atoms. The molecule has 0 aromatic heterocycles. The molecule has 0 aliphatic rings. The number of amides is 1. The van der Waals surface area contributed by atoms with Gasteiger partial charge in [-0.05, 0) is 24.3 Å². The van der Waals surface area contributed by atoms with Crippen molar-refractivity contribution in [3.63, 3.8) is 0 Å². The summed E-state index contributed by atoms with van der Waals surface area (Å²) in [6.07, 6.45) is 1.26. The fourth-order valence-corrected chi connectivity index (χ4v) is 1.99. The molecule has 0 saturated heterocycles. The van der Waals surface area contributed by atoms with E-state index in [1.165, 1.54) is 32.6 Å². The molecule has 128 valence electrons. The number of nitrogens with one attached hydrogen (secondary N) is 2. The number of carbonyl (C=O) groups is 1. The Kier molecular flexibility index (Phi) is 5.85. The number of rotatable bonds is 6. The minimum absolute atomic E-state index is 0.0874. The zero-order valence-corrected chi connectivity index (χ0v) is 13.7. The molecule has 0 bridgehead atoms. The summed E-state index contributed by atoms with van der Waals surface area (Å²) in [5, 5.41) is 24.2. The third-order valence-electron chi connectivity index (χ3n) is 3.30. The van der Waals surface area contributed by atoms with Crippen molar-refractivity contribution in [3.8, 4) is 23.3 Å². The lowest BCUT2D eigenvalue weighted by Gasteiger charge is -2.11. The smallest absolute Gasteiger partial charge is 0.267 e. The number of phenols is 1. The van der Waals surface area contributed by atoms with Crippen LogP contribution in [0.25, 0.3) is 0 Å². The van der Waals surface area contributed by atoms with Gasteiger partial charge in [-0.15, -0.1) is 0 Å². The van der Waals surface area contributed by atoms with Gasteiger partial charge >= 0.3 is 0 Å². The molecule has 1 amide bonds. The van der Waals surface area contributed by atoms with Crippen LogP contribution in [0.3, 0.4) is 0 Å². The number of nitriles is 1. The Morgan fingerprint density at radius 1 is 1.16 bits per heavy atom. The normalized spacial score (nSPS) is 10.5. The first-order valence-corrected chi connectivity index (χ1v) is 7.27. The van der Waals surface area contributed by atoms with E-state index >= 15 is 0 Å². The highest BCUT2D eigenvalue weighted by Crippen LogP contribution is 2.29. The molecule has 0 aliphatic heterocycles. The van der Waals surface area contributed by atoms with Crippen LogP contribution in [0.2, 0.25) is 0 Å². The molecule has 7 heteroatoms. The average Bonchev–Trinajstić information content (AvgIpc) is 2.64. The Morgan fingerprint density at radius 2 is 1.92 bits per heavy atom. The number of carbonyl (C=O) groups excluding carboxylic acids is 1. The average molecular weight is 339 g/mol. The molecule has 0 aliphatic carbocycles. The van der Waals surface area contributed by atoms with Crippen molar-refractivity contribution in [3.05, 3.63) is 54.2 Å². The first-order valence-electron chi connectivity index (χ1n) is 7.27. The van der Waals surface area contributed by atoms with Crippen LogP contribution in [0.15, 0.2) is 54.2 Å². The van der Waals surface area contributed by atoms with Crippen molar-refractivity contribution in [1.82, 2.24) is 0 Å². The van der Waals surface area contributed by atoms with Crippen LogP contribution in [-0.4, -0.2) is 25.2 Å². The van der Waals surface area contributed by atoms with E-state index in [4.69, 9.17) is 9.47 Å². The number of hydrogen-bond acceptors (Lipinski definition) is 6. The van der Waals surface area contributed by atoms with Crippen molar-refractivity contribution < 1.29 is 19.4 Å². The fourth-order valence-electron chi connectivity index (χ4n) is 1.99. The van der Waals surface area contributed by atoms with Gasteiger partial charge in [0.1, 0.15) is 28.9 Å². The highest BCUT2D eigenvalue weighted by molar-refractivity contribution is 6.07. The molecule has 0 spiro atoms. The third kappa shape index (κ3) is 4.42. The lowest BCUT2D eigenvalue weighted by atomic mass is 10.2. The van der Waals surface area contributed by atoms with E-state index in [-0.39, 0.29) is 17.0 Å². The van der Waals surface area contributed by atoms with E-state index in [1.807, 2.05) is 6.07 Å². The summed E-state index contributed by atoms with van der Waals surface area (Å²) in [5.41, 5.74) is 0.575.